The maximum atomic E-state index is 11.2. The molecule has 0 heterocycles. The van der Waals surface area contributed by atoms with Crippen molar-refractivity contribution >= 4 is 11.6 Å². The van der Waals surface area contributed by atoms with Crippen molar-refractivity contribution in [3.8, 4) is 11.5 Å². The van der Waals surface area contributed by atoms with Crippen LogP contribution in [0.2, 0.25) is 0 Å². The number of ether oxygens (including phenoxy) is 1. The zero-order valence-corrected chi connectivity index (χ0v) is 8.65. The second-order valence-corrected chi connectivity index (χ2v) is 3.16. The Morgan fingerprint density at radius 1 is 1.60 bits per heavy atom. The number of aromatic hydroxyl groups is 1. The minimum Gasteiger partial charge on any atom is -0.506 e. The first-order valence-electron chi connectivity index (χ1n) is 4.48. The Balaban J connectivity index is 2.83. The molecule has 0 fully saturated rings. The van der Waals surface area contributed by atoms with Crippen molar-refractivity contribution in [2.24, 2.45) is 5.73 Å². The maximum absolute atomic E-state index is 11.2. The van der Waals surface area contributed by atoms with Crippen LogP contribution in [0.15, 0.2) is 18.2 Å². The Morgan fingerprint density at radius 3 is 2.73 bits per heavy atom. The molecule has 0 unspecified atom stereocenters. The van der Waals surface area contributed by atoms with Crippen LogP contribution in [-0.2, 0) is 4.79 Å². The van der Waals surface area contributed by atoms with Crippen molar-refractivity contribution in [1.29, 1.82) is 0 Å². The topological polar surface area (TPSA) is 84.6 Å². The van der Waals surface area contributed by atoms with Crippen LogP contribution in [-0.4, -0.2) is 24.2 Å². The highest BCUT2D eigenvalue weighted by Gasteiger charge is 2.10. The standard InChI is InChI=1S/C10H14N2O3/c1-6(11)10(14)12-8-4-3-7(15-2)5-9(8)13/h3-6,13H,11H2,1-2H3,(H,12,14)/t6-/m0/s1. The SMILES string of the molecule is COc1ccc(NC(=O)[C@H](C)N)c(O)c1. The smallest absolute Gasteiger partial charge is 0.241 e. The van der Waals surface area contributed by atoms with Gasteiger partial charge in [0.15, 0.2) is 0 Å². The molecule has 1 aromatic rings. The van der Waals surface area contributed by atoms with Gasteiger partial charge in [0.1, 0.15) is 11.5 Å². The normalized spacial score (nSPS) is 11.9. The van der Waals surface area contributed by atoms with Crippen LogP contribution in [0.3, 0.4) is 0 Å². The van der Waals surface area contributed by atoms with Gasteiger partial charge in [-0.05, 0) is 19.1 Å². The number of rotatable bonds is 3. The summed E-state index contributed by atoms with van der Waals surface area (Å²) in [7, 11) is 1.50. The molecule has 0 bridgehead atoms. The number of carbonyl (C=O) groups is 1. The second kappa shape index (κ2) is 4.65. The third kappa shape index (κ3) is 2.85. The van der Waals surface area contributed by atoms with E-state index in [0.29, 0.717) is 11.4 Å². The highest BCUT2D eigenvalue weighted by molar-refractivity contribution is 5.95. The van der Waals surface area contributed by atoms with E-state index in [0.717, 1.165) is 0 Å². The molecule has 1 rings (SSSR count). The second-order valence-electron chi connectivity index (χ2n) is 3.16. The fourth-order valence-corrected chi connectivity index (χ4v) is 0.991. The number of hydrogen-bond acceptors (Lipinski definition) is 4. The molecule has 0 aliphatic heterocycles. The highest BCUT2D eigenvalue weighted by Crippen LogP contribution is 2.27. The molecule has 0 saturated heterocycles. The summed E-state index contributed by atoms with van der Waals surface area (Å²) in [5, 5.41) is 12.0. The Hall–Kier alpha value is -1.75. The lowest BCUT2D eigenvalue weighted by atomic mass is 10.2. The summed E-state index contributed by atoms with van der Waals surface area (Å²) in [6.45, 7) is 1.57. The number of methoxy groups -OCH3 is 1. The van der Waals surface area contributed by atoms with Crippen LogP contribution in [0.25, 0.3) is 0 Å². The average molecular weight is 210 g/mol. The summed E-state index contributed by atoms with van der Waals surface area (Å²) >= 11 is 0. The van der Waals surface area contributed by atoms with E-state index in [1.54, 1.807) is 19.1 Å². The lowest BCUT2D eigenvalue weighted by Crippen LogP contribution is -2.32. The largest absolute Gasteiger partial charge is 0.506 e. The van der Waals surface area contributed by atoms with Gasteiger partial charge >= 0.3 is 0 Å². The summed E-state index contributed by atoms with van der Waals surface area (Å²) in [6.07, 6.45) is 0. The molecular weight excluding hydrogens is 196 g/mol. The Morgan fingerprint density at radius 2 is 2.27 bits per heavy atom. The number of hydrogen-bond donors (Lipinski definition) is 3. The van der Waals surface area contributed by atoms with Crippen LogP contribution in [0.4, 0.5) is 5.69 Å². The van der Waals surface area contributed by atoms with E-state index in [1.807, 2.05) is 0 Å². The minimum absolute atomic E-state index is 0.0525. The van der Waals surface area contributed by atoms with E-state index in [2.05, 4.69) is 5.32 Å². The van der Waals surface area contributed by atoms with Crippen LogP contribution in [0.5, 0.6) is 11.5 Å². The first-order valence-corrected chi connectivity index (χ1v) is 4.48. The molecule has 1 amide bonds. The number of amides is 1. The van der Waals surface area contributed by atoms with E-state index in [4.69, 9.17) is 10.5 Å². The van der Waals surface area contributed by atoms with Gasteiger partial charge in [0, 0.05) is 6.07 Å². The van der Waals surface area contributed by atoms with Gasteiger partial charge in [-0.2, -0.15) is 0 Å². The third-order valence-corrected chi connectivity index (χ3v) is 1.88. The molecule has 0 aromatic heterocycles. The number of phenols is 1. The summed E-state index contributed by atoms with van der Waals surface area (Å²) in [5.74, 6) is 0.116. The lowest BCUT2D eigenvalue weighted by Gasteiger charge is -2.10. The van der Waals surface area contributed by atoms with Crippen LogP contribution in [0, 0.1) is 0 Å². The van der Waals surface area contributed by atoms with Crippen molar-refractivity contribution in [2.75, 3.05) is 12.4 Å². The molecule has 0 aliphatic carbocycles. The van der Waals surface area contributed by atoms with Crippen molar-refractivity contribution < 1.29 is 14.6 Å². The van der Waals surface area contributed by atoms with Crippen molar-refractivity contribution in [1.82, 2.24) is 0 Å². The molecular formula is C10H14N2O3. The van der Waals surface area contributed by atoms with Crippen molar-refractivity contribution in [3.63, 3.8) is 0 Å². The molecule has 5 heteroatoms. The van der Waals surface area contributed by atoms with Crippen LogP contribution >= 0.6 is 0 Å². The van der Waals surface area contributed by atoms with Gasteiger partial charge in [-0.25, -0.2) is 0 Å². The van der Waals surface area contributed by atoms with E-state index in [1.165, 1.54) is 13.2 Å². The fourth-order valence-electron chi connectivity index (χ4n) is 0.991. The third-order valence-electron chi connectivity index (χ3n) is 1.88. The number of phenolic OH excluding ortho intramolecular Hbond substituents is 1. The minimum atomic E-state index is -0.619. The number of carbonyl (C=O) groups excluding carboxylic acids is 1. The molecule has 5 nitrogen and oxygen atoms in total. The zero-order chi connectivity index (χ0) is 11.4. The first-order chi connectivity index (χ1) is 7.04. The van der Waals surface area contributed by atoms with E-state index < -0.39 is 6.04 Å². The Labute approximate surface area is 87.9 Å². The summed E-state index contributed by atoms with van der Waals surface area (Å²) in [6, 6.07) is 3.98. The lowest BCUT2D eigenvalue weighted by molar-refractivity contribution is -0.117. The molecule has 0 radical (unpaired) electrons. The monoisotopic (exact) mass is 210 g/mol. The number of nitrogens with two attached hydrogens (primary N) is 1. The van der Waals surface area contributed by atoms with Gasteiger partial charge in [0.2, 0.25) is 5.91 Å². The van der Waals surface area contributed by atoms with Gasteiger partial charge in [-0.15, -0.1) is 0 Å². The van der Waals surface area contributed by atoms with E-state index in [-0.39, 0.29) is 11.7 Å². The van der Waals surface area contributed by atoms with Crippen molar-refractivity contribution in [3.05, 3.63) is 18.2 Å². The van der Waals surface area contributed by atoms with E-state index >= 15 is 0 Å². The highest BCUT2D eigenvalue weighted by atomic mass is 16.5. The van der Waals surface area contributed by atoms with Gasteiger partial charge in [0.25, 0.3) is 0 Å². The summed E-state index contributed by atoms with van der Waals surface area (Å²) in [4.78, 5) is 11.2. The van der Waals surface area contributed by atoms with Gasteiger partial charge in [0.05, 0.1) is 18.8 Å². The quantitative estimate of drug-likeness (QED) is 0.641. The van der Waals surface area contributed by atoms with Gasteiger partial charge < -0.3 is 20.9 Å². The molecule has 1 aromatic carbocycles. The van der Waals surface area contributed by atoms with Gasteiger partial charge in [-0.3, -0.25) is 4.79 Å². The molecule has 0 aliphatic rings. The zero-order valence-electron chi connectivity index (χ0n) is 8.65. The number of benzene rings is 1. The fraction of sp³-hybridized carbons (Fsp3) is 0.300. The van der Waals surface area contributed by atoms with Crippen molar-refractivity contribution in [2.45, 2.75) is 13.0 Å². The molecule has 0 saturated carbocycles. The van der Waals surface area contributed by atoms with Gasteiger partial charge in [-0.1, -0.05) is 0 Å². The first kappa shape index (κ1) is 11.3. The number of nitrogens with one attached hydrogen (secondary N) is 1. The molecule has 15 heavy (non-hydrogen) atoms. The molecule has 1 atom stereocenters. The Bertz CT molecular complexity index is 364. The van der Waals surface area contributed by atoms with Crippen LogP contribution < -0.4 is 15.8 Å². The summed E-state index contributed by atoms with van der Waals surface area (Å²) in [5.41, 5.74) is 5.69. The van der Waals surface area contributed by atoms with E-state index in [9.17, 15) is 9.90 Å². The van der Waals surface area contributed by atoms with Crippen LogP contribution in [0.1, 0.15) is 6.92 Å². The summed E-state index contributed by atoms with van der Waals surface area (Å²) < 4.78 is 4.91. The predicted molar refractivity (Wildman–Crippen MR) is 56.9 cm³/mol. The molecule has 82 valence electrons. The predicted octanol–water partition coefficient (Wildman–Crippen LogP) is 0.686. The molecule has 0 spiro atoms. The molecule has 4 N–H and O–H groups in total. The Kier molecular flexibility index (Phi) is 3.51. The number of anilines is 1. The average Bonchev–Trinajstić information content (AvgIpc) is 2.20. The maximum Gasteiger partial charge on any atom is 0.241 e.